The van der Waals surface area contributed by atoms with E-state index in [2.05, 4.69) is 11.4 Å². The summed E-state index contributed by atoms with van der Waals surface area (Å²) >= 11 is 0. The molecule has 1 aliphatic heterocycles. The van der Waals surface area contributed by atoms with Gasteiger partial charge in [0.2, 0.25) is 0 Å². The average Bonchev–Trinajstić information content (AvgIpc) is 2.16. The average molecular weight is 191 g/mol. The number of rotatable bonds is 1. The fourth-order valence-electron chi connectivity index (χ4n) is 1.91. The van der Waals surface area contributed by atoms with Crippen LogP contribution >= 0.6 is 0 Å². The summed E-state index contributed by atoms with van der Waals surface area (Å²) in [7, 11) is 0. The Morgan fingerprint density at radius 2 is 2.36 bits per heavy atom. The molecule has 2 N–H and O–H groups in total. The topological polar surface area (TPSA) is 49.3 Å². The highest BCUT2D eigenvalue weighted by Crippen LogP contribution is 2.23. The molecule has 0 fully saturated rings. The molecular formula is C11H13NO2. The van der Waals surface area contributed by atoms with Crippen LogP contribution in [-0.2, 0) is 11.2 Å². The molecule has 74 valence electrons. The Labute approximate surface area is 82.8 Å². The first-order valence-corrected chi connectivity index (χ1v) is 4.74. The number of fused-ring (bicyclic) bond motifs is 1. The maximum Gasteiger partial charge on any atom is 0.325 e. The van der Waals surface area contributed by atoms with E-state index in [1.165, 1.54) is 5.56 Å². The third-order valence-corrected chi connectivity index (χ3v) is 2.60. The van der Waals surface area contributed by atoms with Crippen LogP contribution in [-0.4, -0.2) is 17.6 Å². The van der Waals surface area contributed by atoms with Gasteiger partial charge in [0.1, 0.15) is 6.04 Å². The van der Waals surface area contributed by atoms with Crippen LogP contribution in [0.1, 0.15) is 22.7 Å². The minimum atomic E-state index is -0.796. The Balaban J connectivity index is 2.44. The van der Waals surface area contributed by atoms with Gasteiger partial charge in [0.05, 0.1) is 0 Å². The maximum absolute atomic E-state index is 10.9. The van der Waals surface area contributed by atoms with E-state index in [-0.39, 0.29) is 0 Å². The summed E-state index contributed by atoms with van der Waals surface area (Å²) in [5.41, 5.74) is 3.26. The Hall–Kier alpha value is -1.35. The SMILES string of the molecule is Cc1ccc2c(c1)CCNC2C(=O)O. The molecule has 0 spiro atoms. The van der Waals surface area contributed by atoms with Gasteiger partial charge in [-0.25, -0.2) is 0 Å². The van der Waals surface area contributed by atoms with Gasteiger partial charge in [-0.05, 0) is 24.5 Å². The van der Waals surface area contributed by atoms with Crippen molar-refractivity contribution in [1.82, 2.24) is 5.32 Å². The minimum absolute atomic E-state index is 0.528. The van der Waals surface area contributed by atoms with Gasteiger partial charge in [-0.1, -0.05) is 23.8 Å². The number of hydrogen-bond donors (Lipinski definition) is 2. The Bertz CT molecular complexity index is 374. The molecule has 3 nitrogen and oxygen atoms in total. The van der Waals surface area contributed by atoms with E-state index in [9.17, 15) is 4.79 Å². The molecule has 3 heteroatoms. The number of aliphatic carboxylic acids is 1. The summed E-state index contributed by atoms with van der Waals surface area (Å²) in [6, 6.07) is 5.42. The quantitative estimate of drug-likeness (QED) is 0.702. The zero-order chi connectivity index (χ0) is 10.1. The molecule has 1 aliphatic rings. The fraction of sp³-hybridized carbons (Fsp3) is 0.364. The summed E-state index contributed by atoms with van der Waals surface area (Å²) in [4.78, 5) is 10.9. The van der Waals surface area contributed by atoms with Crippen LogP contribution in [0.25, 0.3) is 0 Å². The van der Waals surface area contributed by atoms with E-state index in [0.717, 1.165) is 24.1 Å². The second kappa shape index (κ2) is 3.42. The van der Waals surface area contributed by atoms with Crippen molar-refractivity contribution in [1.29, 1.82) is 0 Å². The number of carboxylic acid groups (broad SMARTS) is 1. The predicted molar refractivity (Wildman–Crippen MR) is 53.3 cm³/mol. The Kier molecular flexibility index (Phi) is 2.25. The molecule has 0 saturated carbocycles. The van der Waals surface area contributed by atoms with Gasteiger partial charge in [0, 0.05) is 6.54 Å². The Morgan fingerprint density at radius 1 is 1.57 bits per heavy atom. The number of hydrogen-bond acceptors (Lipinski definition) is 2. The molecule has 0 radical (unpaired) electrons. The molecular weight excluding hydrogens is 178 g/mol. The normalized spacial score (nSPS) is 20.2. The third-order valence-electron chi connectivity index (χ3n) is 2.60. The molecule has 0 bridgehead atoms. The highest BCUT2D eigenvalue weighted by molar-refractivity contribution is 5.76. The molecule has 14 heavy (non-hydrogen) atoms. The number of aryl methyl sites for hydroxylation is 1. The molecule has 0 aliphatic carbocycles. The van der Waals surface area contributed by atoms with Crippen molar-refractivity contribution in [3.8, 4) is 0 Å². The first-order chi connectivity index (χ1) is 6.68. The highest BCUT2D eigenvalue weighted by atomic mass is 16.4. The van der Waals surface area contributed by atoms with Crippen molar-refractivity contribution >= 4 is 5.97 Å². The highest BCUT2D eigenvalue weighted by Gasteiger charge is 2.25. The van der Waals surface area contributed by atoms with E-state index >= 15 is 0 Å². The number of carbonyl (C=O) groups is 1. The van der Waals surface area contributed by atoms with Crippen LogP contribution in [0.3, 0.4) is 0 Å². The lowest BCUT2D eigenvalue weighted by molar-refractivity contribution is -0.139. The second-order valence-electron chi connectivity index (χ2n) is 3.68. The van der Waals surface area contributed by atoms with Crippen molar-refractivity contribution in [2.24, 2.45) is 0 Å². The van der Waals surface area contributed by atoms with Crippen molar-refractivity contribution in [2.75, 3.05) is 6.54 Å². The zero-order valence-electron chi connectivity index (χ0n) is 8.08. The predicted octanol–water partition coefficient (Wildman–Crippen LogP) is 1.27. The standard InChI is InChI=1S/C11H13NO2/c1-7-2-3-9-8(6-7)4-5-12-10(9)11(13)14/h2-3,6,10,12H,4-5H2,1H3,(H,13,14). The van der Waals surface area contributed by atoms with Crippen molar-refractivity contribution < 1.29 is 9.90 Å². The number of benzene rings is 1. The van der Waals surface area contributed by atoms with Crippen LogP contribution in [0.2, 0.25) is 0 Å². The van der Waals surface area contributed by atoms with Crippen molar-refractivity contribution in [3.63, 3.8) is 0 Å². The maximum atomic E-state index is 10.9. The van der Waals surface area contributed by atoms with Gasteiger partial charge in [-0.15, -0.1) is 0 Å². The van der Waals surface area contributed by atoms with Gasteiger partial charge >= 0.3 is 5.97 Å². The summed E-state index contributed by atoms with van der Waals surface area (Å²) in [5.74, 6) is -0.796. The van der Waals surface area contributed by atoms with E-state index in [1.54, 1.807) is 0 Å². The molecule has 1 aromatic carbocycles. The molecule has 1 aromatic rings. The van der Waals surface area contributed by atoms with Gasteiger partial charge < -0.3 is 10.4 Å². The van der Waals surface area contributed by atoms with Gasteiger partial charge in [-0.2, -0.15) is 0 Å². The fourth-order valence-corrected chi connectivity index (χ4v) is 1.91. The summed E-state index contributed by atoms with van der Waals surface area (Å²) in [6.45, 7) is 2.77. The Morgan fingerprint density at radius 3 is 3.07 bits per heavy atom. The molecule has 0 amide bonds. The van der Waals surface area contributed by atoms with Gasteiger partial charge in [0.15, 0.2) is 0 Å². The first kappa shape index (κ1) is 9.21. The lowest BCUT2D eigenvalue weighted by atomic mass is 9.93. The number of nitrogens with one attached hydrogen (secondary N) is 1. The molecule has 1 heterocycles. The zero-order valence-corrected chi connectivity index (χ0v) is 8.08. The molecule has 2 rings (SSSR count). The smallest absolute Gasteiger partial charge is 0.325 e. The van der Waals surface area contributed by atoms with E-state index < -0.39 is 12.0 Å². The summed E-state index contributed by atoms with van der Waals surface area (Å²) < 4.78 is 0. The monoisotopic (exact) mass is 191 g/mol. The van der Waals surface area contributed by atoms with Gasteiger partial charge in [-0.3, -0.25) is 4.79 Å². The van der Waals surface area contributed by atoms with Crippen LogP contribution < -0.4 is 5.32 Å². The summed E-state index contributed by atoms with van der Waals surface area (Å²) in [5, 5.41) is 12.0. The van der Waals surface area contributed by atoms with E-state index in [1.807, 2.05) is 19.1 Å². The van der Waals surface area contributed by atoms with Crippen LogP contribution in [0.4, 0.5) is 0 Å². The van der Waals surface area contributed by atoms with Crippen molar-refractivity contribution in [3.05, 3.63) is 34.9 Å². The second-order valence-corrected chi connectivity index (χ2v) is 3.68. The van der Waals surface area contributed by atoms with E-state index in [0.29, 0.717) is 0 Å². The molecule has 0 aromatic heterocycles. The lowest BCUT2D eigenvalue weighted by Gasteiger charge is -2.23. The van der Waals surface area contributed by atoms with E-state index in [4.69, 9.17) is 5.11 Å². The van der Waals surface area contributed by atoms with Crippen molar-refractivity contribution in [2.45, 2.75) is 19.4 Å². The largest absolute Gasteiger partial charge is 0.480 e. The summed E-state index contributed by atoms with van der Waals surface area (Å²) in [6.07, 6.45) is 0.917. The minimum Gasteiger partial charge on any atom is -0.480 e. The lowest BCUT2D eigenvalue weighted by Crippen LogP contribution is -2.34. The molecule has 0 saturated heterocycles. The number of carboxylic acids is 1. The van der Waals surface area contributed by atoms with Gasteiger partial charge in [0.25, 0.3) is 0 Å². The molecule has 1 atom stereocenters. The first-order valence-electron chi connectivity index (χ1n) is 4.74. The molecule has 1 unspecified atom stereocenters. The van der Waals surface area contributed by atoms with Crippen LogP contribution in [0.5, 0.6) is 0 Å². The van der Waals surface area contributed by atoms with Crippen LogP contribution in [0.15, 0.2) is 18.2 Å². The third kappa shape index (κ3) is 1.51. The van der Waals surface area contributed by atoms with Crippen LogP contribution in [0, 0.1) is 6.92 Å².